The fourth-order valence-corrected chi connectivity index (χ4v) is 3.37. The molecule has 2 atom stereocenters. The Balaban J connectivity index is 1.65. The molecule has 1 fully saturated rings. The van der Waals surface area contributed by atoms with Gasteiger partial charge in [0.2, 0.25) is 11.8 Å². The lowest BCUT2D eigenvalue weighted by atomic mass is 9.94. The number of carbonyl (C=O) groups is 1. The zero-order valence-electron chi connectivity index (χ0n) is 14.7. The summed E-state index contributed by atoms with van der Waals surface area (Å²) in [6, 6.07) is 0. The molecule has 1 amide bonds. The van der Waals surface area contributed by atoms with Crippen molar-refractivity contribution in [3.8, 4) is 0 Å². The fraction of sp³-hybridized carbons (Fsp3) is 0.647. The van der Waals surface area contributed by atoms with Crippen LogP contribution in [-0.2, 0) is 11.2 Å². The van der Waals surface area contributed by atoms with Gasteiger partial charge in [-0.05, 0) is 33.1 Å². The Labute approximate surface area is 141 Å². The summed E-state index contributed by atoms with van der Waals surface area (Å²) in [5.41, 5.74) is 1.91. The number of carbonyl (C=O) groups excluding carboxylic acids is 1. The predicted octanol–water partition coefficient (Wildman–Crippen LogP) is 2.57. The van der Waals surface area contributed by atoms with Gasteiger partial charge in [0.25, 0.3) is 0 Å². The van der Waals surface area contributed by atoms with Crippen LogP contribution in [-0.4, -0.2) is 39.2 Å². The maximum atomic E-state index is 12.8. The molecule has 0 unspecified atom stereocenters. The minimum atomic E-state index is -0.104. The third-order valence-electron chi connectivity index (χ3n) is 4.75. The van der Waals surface area contributed by atoms with E-state index >= 15 is 0 Å². The first-order chi connectivity index (χ1) is 11.5. The summed E-state index contributed by atoms with van der Waals surface area (Å²) in [6.07, 6.45) is 2.60. The van der Waals surface area contributed by atoms with Gasteiger partial charge in [-0.2, -0.15) is 4.98 Å². The van der Waals surface area contributed by atoms with Gasteiger partial charge < -0.3 is 13.9 Å². The minimum absolute atomic E-state index is 0.104. The third-order valence-corrected chi connectivity index (χ3v) is 4.75. The standard InChI is InChI=1S/C17H24N4O3/c1-10(8-15-11(2)19-23-12(15)3)17(22)21-7-5-6-14(9-21)16-18-13(4)24-20-16/h10,14H,5-9H2,1-4H3/t10-,14-/m0/s1. The van der Waals surface area contributed by atoms with Gasteiger partial charge in [0.1, 0.15) is 5.76 Å². The first kappa shape index (κ1) is 16.7. The molecule has 0 saturated carbocycles. The molecule has 0 aliphatic carbocycles. The SMILES string of the molecule is Cc1nc([C@H]2CCCN(C(=O)[C@@H](C)Cc3c(C)noc3C)C2)no1. The van der Waals surface area contributed by atoms with Crippen LogP contribution in [0.1, 0.15) is 54.4 Å². The van der Waals surface area contributed by atoms with Crippen molar-refractivity contribution in [1.29, 1.82) is 0 Å². The monoisotopic (exact) mass is 332 g/mol. The molecule has 0 bridgehead atoms. The topological polar surface area (TPSA) is 85.3 Å². The van der Waals surface area contributed by atoms with E-state index in [1.165, 1.54) is 0 Å². The van der Waals surface area contributed by atoms with E-state index in [1.54, 1.807) is 6.92 Å². The second kappa shape index (κ2) is 6.75. The molecule has 24 heavy (non-hydrogen) atoms. The number of likely N-dealkylation sites (tertiary alicyclic amines) is 1. The van der Waals surface area contributed by atoms with Crippen molar-refractivity contribution < 1.29 is 13.8 Å². The number of hydrogen-bond acceptors (Lipinski definition) is 6. The number of piperidine rings is 1. The van der Waals surface area contributed by atoms with Crippen LogP contribution in [0.5, 0.6) is 0 Å². The Morgan fingerprint density at radius 1 is 1.29 bits per heavy atom. The molecule has 0 radical (unpaired) electrons. The van der Waals surface area contributed by atoms with E-state index in [4.69, 9.17) is 9.05 Å². The van der Waals surface area contributed by atoms with Crippen LogP contribution in [0.25, 0.3) is 0 Å². The van der Waals surface area contributed by atoms with Crippen molar-refractivity contribution in [1.82, 2.24) is 20.2 Å². The van der Waals surface area contributed by atoms with Gasteiger partial charge in [-0.1, -0.05) is 17.2 Å². The summed E-state index contributed by atoms with van der Waals surface area (Å²) in [4.78, 5) is 19.1. The van der Waals surface area contributed by atoms with Gasteiger partial charge in [-0.25, -0.2) is 0 Å². The van der Waals surface area contributed by atoms with Crippen LogP contribution in [0, 0.1) is 26.7 Å². The Hall–Kier alpha value is -2.18. The van der Waals surface area contributed by atoms with Gasteiger partial charge in [-0.3, -0.25) is 4.79 Å². The fourth-order valence-electron chi connectivity index (χ4n) is 3.37. The van der Waals surface area contributed by atoms with E-state index in [0.717, 1.165) is 36.4 Å². The lowest BCUT2D eigenvalue weighted by Gasteiger charge is -2.33. The molecule has 3 heterocycles. The van der Waals surface area contributed by atoms with Crippen LogP contribution in [0.4, 0.5) is 0 Å². The highest BCUT2D eigenvalue weighted by Crippen LogP contribution is 2.27. The van der Waals surface area contributed by atoms with E-state index in [0.29, 0.717) is 24.7 Å². The molecule has 3 rings (SSSR count). The summed E-state index contributed by atoms with van der Waals surface area (Å²) in [6.45, 7) is 9.01. The number of amides is 1. The molecular formula is C17H24N4O3. The highest BCUT2D eigenvalue weighted by atomic mass is 16.5. The summed E-state index contributed by atoms with van der Waals surface area (Å²) in [5.74, 6) is 2.30. The molecule has 7 heteroatoms. The maximum absolute atomic E-state index is 12.8. The van der Waals surface area contributed by atoms with Crippen LogP contribution < -0.4 is 0 Å². The minimum Gasteiger partial charge on any atom is -0.361 e. The number of hydrogen-bond donors (Lipinski definition) is 0. The molecule has 0 spiro atoms. The zero-order chi connectivity index (χ0) is 17.3. The number of aromatic nitrogens is 3. The van der Waals surface area contributed by atoms with Crippen molar-refractivity contribution in [2.24, 2.45) is 5.92 Å². The van der Waals surface area contributed by atoms with Crippen LogP contribution >= 0.6 is 0 Å². The van der Waals surface area contributed by atoms with E-state index < -0.39 is 0 Å². The van der Waals surface area contributed by atoms with Crippen molar-refractivity contribution >= 4 is 5.91 Å². The van der Waals surface area contributed by atoms with Crippen LogP contribution in [0.3, 0.4) is 0 Å². The van der Waals surface area contributed by atoms with Gasteiger partial charge in [-0.15, -0.1) is 0 Å². The number of rotatable bonds is 4. The Kier molecular flexibility index (Phi) is 4.69. The van der Waals surface area contributed by atoms with Crippen molar-refractivity contribution in [2.45, 2.75) is 52.9 Å². The predicted molar refractivity (Wildman–Crippen MR) is 86.4 cm³/mol. The lowest BCUT2D eigenvalue weighted by Crippen LogP contribution is -2.42. The van der Waals surface area contributed by atoms with Crippen LogP contribution in [0.15, 0.2) is 9.05 Å². The average molecular weight is 332 g/mol. The molecule has 7 nitrogen and oxygen atoms in total. The first-order valence-electron chi connectivity index (χ1n) is 8.46. The van der Waals surface area contributed by atoms with Crippen molar-refractivity contribution in [2.75, 3.05) is 13.1 Å². The molecule has 0 N–H and O–H groups in total. The van der Waals surface area contributed by atoms with Crippen molar-refractivity contribution in [3.63, 3.8) is 0 Å². The van der Waals surface area contributed by atoms with Crippen molar-refractivity contribution in [3.05, 3.63) is 28.7 Å². The second-order valence-electron chi connectivity index (χ2n) is 6.70. The Bertz CT molecular complexity index is 702. The van der Waals surface area contributed by atoms with Gasteiger partial charge in [0.05, 0.1) is 5.69 Å². The lowest BCUT2D eigenvalue weighted by molar-refractivity contribution is -0.136. The van der Waals surface area contributed by atoms with E-state index in [2.05, 4.69) is 15.3 Å². The average Bonchev–Trinajstić information content (AvgIpc) is 3.15. The zero-order valence-corrected chi connectivity index (χ0v) is 14.7. The summed E-state index contributed by atoms with van der Waals surface area (Å²) in [7, 11) is 0. The Morgan fingerprint density at radius 2 is 2.08 bits per heavy atom. The Morgan fingerprint density at radius 3 is 2.71 bits per heavy atom. The molecular weight excluding hydrogens is 308 g/mol. The molecule has 130 valence electrons. The molecule has 1 aliphatic rings. The number of nitrogens with zero attached hydrogens (tertiary/aromatic N) is 4. The second-order valence-corrected chi connectivity index (χ2v) is 6.70. The molecule has 2 aromatic heterocycles. The smallest absolute Gasteiger partial charge is 0.225 e. The van der Waals surface area contributed by atoms with E-state index in [-0.39, 0.29) is 17.7 Å². The van der Waals surface area contributed by atoms with Gasteiger partial charge in [0.15, 0.2) is 5.82 Å². The van der Waals surface area contributed by atoms with Crippen LogP contribution in [0.2, 0.25) is 0 Å². The highest BCUT2D eigenvalue weighted by molar-refractivity contribution is 5.79. The molecule has 2 aromatic rings. The quantitative estimate of drug-likeness (QED) is 0.855. The third kappa shape index (κ3) is 3.34. The summed E-state index contributed by atoms with van der Waals surface area (Å²) in [5, 5.41) is 7.99. The van der Waals surface area contributed by atoms with Gasteiger partial charge in [0, 0.05) is 37.4 Å². The van der Waals surface area contributed by atoms with E-state index in [9.17, 15) is 4.79 Å². The highest BCUT2D eigenvalue weighted by Gasteiger charge is 2.30. The summed E-state index contributed by atoms with van der Waals surface area (Å²) >= 11 is 0. The molecule has 1 aliphatic heterocycles. The normalized spacial score (nSPS) is 19.5. The first-order valence-corrected chi connectivity index (χ1v) is 8.46. The largest absolute Gasteiger partial charge is 0.361 e. The molecule has 1 saturated heterocycles. The number of aryl methyl sites for hydroxylation is 3. The summed E-state index contributed by atoms with van der Waals surface area (Å²) < 4.78 is 10.3. The maximum Gasteiger partial charge on any atom is 0.225 e. The molecule has 0 aromatic carbocycles. The van der Waals surface area contributed by atoms with E-state index in [1.807, 2.05) is 25.7 Å². The van der Waals surface area contributed by atoms with Gasteiger partial charge >= 0.3 is 0 Å².